The molecule has 194 valence electrons. The summed E-state index contributed by atoms with van der Waals surface area (Å²) in [6.07, 6.45) is 0. The zero-order chi connectivity index (χ0) is 26.3. The minimum atomic E-state index is -0.844. The quantitative estimate of drug-likeness (QED) is 0.396. The Hall–Kier alpha value is -2.51. The second-order valence-electron chi connectivity index (χ2n) is 10.1. The average Bonchev–Trinajstić information content (AvgIpc) is 2.81. The van der Waals surface area contributed by atoms with Crippen molar-refractivity contribution in [3.05, 3.63) is 105 Å². The molecular formula is C29H29Cl2F2N3O. The van der Waals surface area contributed by atoms with Crippen molar-refractivity contribution < 1.29 is 13.6 Å². The number of halogens is 4. The number of carbonyl (C=O) groups is 1. The SMILES string of the molecule is CC(=O)N1CCN(C)C[C@@]1(c1cc(F)cc(F)c1)C1CN(C(c2ccc(Cl)cc2)c2ccc(Cl)cc2)C1. The van der Waals surface area contributed by atoms with Crippen LogP contribution in [0.5, 0.6) is 0 Å². The molecule has 1 atom stereocenters. The van der Waals surface area contributed by atoms with Gasteiger partial charge in [0.1, 0.15) is 11.6 Å². The minimum absolute atomic E-state index is 0.0255. The van der Waals surface area contributed by atoms with E-state index in [0.717, 1.165) is 17.2 Å². The van der Waals surface area contributed by atoms with Crippen LogP contribution in [0.1, 0.15) is 29.7 Å². The third-order valence-electron chi connectivity index (χ3n) is 7.76. The van der Waals surface area contributed by atoms with Crippen LogP contribution in [-0.2, 0) is 10.3 Å². The Morgan fingerprint density at radius 2 is 1.41 bits per heavy atom. The van der Waals surface area contributed by atoms with Gasteiger partial charge in [0, 0.05) is 61.7 Å². The number of likely N-dealkylation sites (tertiary alicyclic amines) is 1. The van der Waals surface area contributed by atoms with Gasteiger partial charge in [-0.25, -0.2) is 8.78 Å². The summed E-state index contributed by atoms with van der Waals surface area (Å²) >= 11 is 12.3. The van der Waals surface area contributed by atoms with Gasteiger partial charge < -0.3 is 9.80 Å². The summed E-state index contributed by atoms with van der Waals surface area (Å²) in [5, 5.41) is 1.32. The van der Waals surface area contributed by atoms with Crippen molar-refractivity contribution in [2.75, 3.05) is 39.8 Å². The van der Waals surface area contributed by atoms with Gasteiger partial charge >= 0.3 is 0 Å². The van der Waals surface area contributed by atoms with Crippen molar-refractivity contribution in [3.8, 4) is 0 Å². The van der Waals surface area contributed by atoms with Crippen LogP contribution >= 0.6 is 23.2 Å². The number of benzene rings is 3. The molecule has 0 N–H and O–H groups in total. The maximum atomic E-state index is 14.5. The fourth-order valence-corrected chi connectivity index (χ4v) is 6.30. The molecule has 0 aromatic heterocycles. The lowest BCUT2D eigenvalue weighted by atomic mass is 9.70. The predicted octanol–water partition coefficient (Wildman–Crippen LogP) is 5.98. The first-order valence-electron chi connectivity index (χ1n) is 12.4. The highest BCUT2D eigenvalue weighted by atomic mass is 35.5. The van der Waals surface area contributed by atoms with E-state index in [9.17, 15) is 13.6 Å². The average molecular weight is 544 g/mol. The molecule has 0 saturated carbocycles. The maximum absolute atomic E-state index is 14.5. The Morgan fingerprint density at radius 3 is 1.89 bits per heavy atom. The van der Waals surface area contributed by atoms with E-state index < -0.39 is 17.2 Å². The number of hydrogen-bond donors (Lipinski definition) is 0. The van der Waals surface area contributed by atoms with Crippen molar-refractivity contribution in [2.24, 2.45) is 5.92 Å². The van der Waals surface area contributed by atoms with E-state index in [1.54, 1.807) is 0 Å². The molecule has 8 heteroatoms. The monoisotopic (exact) mass is 543 g/mol. The fourth-order valence-electron chi connectivity index (χ4n) is 6.05. The molecule has 2 aliphatic rings. The van der Waals surface area contributed by atoms with Crippen LogP contribution in [0.2, 0.25) is 10.0 Å². The van der Waals surface area contributed by atoms with Gasteiger partial charge in [0.2, 0.25) is 5.91 Å². The van der Waals surface area contributed by atoms with Crippen molar-refractivity contribution in [2.45, 2.75) is 18.5 Å². The predicted molar refractivity (Wildman–Crippen MR) is 143 cm³/mol. The van der Waals surface area contributed by atoms with Gasteiger partial charge in [-0.15, -0.1) is 0 Å². The van der Waals surface area contributed by atoms with Gasteiger partial charge in [0.25, 0.3) is 0 Å². The van der Waals surface area contributed by atoms with E-state index in [-0.39, 0.29) is 17.9 Å². The van der Waals surface area contributed by atoms with Gasteiger partial charge in [-0.3, -0.25) is 9.69 Å². The summed E-state index contributed by atoms with van der Waals surface area (Å²) in [5.41, 5.74) is 1.83. The van der Waals surface area contributed by atoms with Gasteiger partial charge in [-0.1, -0.05) is 47.5 Å². The number of piperazine rings is 1. The molecule has 4 nitrogen and oxygen atoms in total. The number of carbonyl (C=O) groups excluding carboxylic acids is 1. The van der Waals surface area contributed by atoms with Gasteiger partial charge in [-0.05, 0) is 60.1 Å². The lowest BCUT2D eigenvalue weighted by Gasteiger charge is -2.60. The molecule has 5 rings (SSSR count). The van der Waals surface area contributed by atoms with E-state index >= 15 is 0 Å². The number of rotatable bonds is 5. The first kappa shape index (κ1) is 26.1. The summed E-state index contributed by atoms with van der Waals surface area (Å²) in [6.45, 7) is 4.53. The van der Waals surface area contributed by atoms with Crippen molar-refractivity contribution in [1.82, 2.24) is 14.7 Å². The fraction of sp³-hybridized carbons (Fsp3) is 0.345. The lowest BCUT2D eigenvalue weighted by molar-refractivity contribution is -0.152. The number of hydrogen-bond acceptors (Lipinski definition) is 3. The number of nitrogens with zero attached hydrogens (tertiary/aromatic N) is 3. The third-order valence-corrected chi connectivity index (χ3v) is 8.27. The molecule has 0 unspecified atom stereocenters. The largest absolute Gasteiger partial charge is 0.330 e. The standard InChI is InChI=1S/C29H29Cl2F2N3O/c1-19(37)36-12-11-34(2)18-29(36,22-13-26(32)15-27(33)14-22)23-16-35(17-23)28(20-3-7-24(30)8-4-20)21-5-9-25(31)10-6-21/h3-10,13-15,23,28H,11-12,16-18H2,1-2H3/t29-/m1/s1. The summed E-state index contributed by atoms with van der Waals surface area (Å²) in [4.78, 5) is 19.2. The Kier molecular flexibility index (Phi) is 7.29. The molecule has 0 spiro atoms. The highest BCUT2D eigenvalue weighted by molar-refractivity contribution is 6.30. The van der Waals surface area contributed by atoms with Crippen LogP contribution in [0.15, 0.2) is 66.7 Å². The van der Waals surface area contributed by atoms with E-state index in [0.29, 0.717) is 48.3 Å². The zero-order valence-electron chi connectivity index (χ0n) is 20.8. The minimum Gasteiger partial charge on any atom is -0.330 e. The van der Waals surface area contributed by atoms with Crippen LogP contribution < -0.4 is 0 Å². The Morgan fingerprint density at radius 1 is 0.892 bits per heavy atom. The molecule has 2 heterocycles. The van der Waals surface area contributed by atoms with Crippen LogP contribution in [0.25, 0.3) is 0 Å². The molecule has 0 radical (unpaired) electrons. The molecular weight excluding hydrogens is 515 g/mol. The van der Waals surface area contributed by atoms with E-state index in [1.165, 1.54) is 19.1 Å². The van der Waals surface area contributed by atoms with Gasteiger partial charge in [0.15, 0.2) is 0 Å². The highest BCUT2D eigenvalue weighted by Gasteiger charge is 2.54. The van der Waals surface area contributed by atoms with Crippen LogP contribution in [0, 0.1) is 17.6 Å². The Labute approximate surface area is 226 Å². The van der Waals surface area contributed by atoms with E-state index in [2.05, 4.69) is 9.80 Å². The summed E-state index contributed by atoms with van der Waals surface area (Å²) in [5.74, 6) is -1.39. The summed E-state index contributed by atoms with van der Waals surface area (Å²) < 4.78 is 29.0. The molecule has 1 amide bonds. The maximum Gasteiger partial charge on any atom is 0.220 e. The second-order valence-corrected chi connectivity index (χ2v) is 11.0. The normalized spacial score (nSPS) is 21.3. The molecule has 0 bridgehead atoms. The van der Waals surface area contributed by atoms with Gasteiger partial charge in [-0.2, -0.15) is 0 Å². The molecule has 3 aromatic rings. The van der Waals surface area contributed by atoms with Crippen LogP contribution in [-0.4, -0.2) is 60.4 Å². The molecule has 3 aromatic carbocycles. The first-order chi connectivity index (χ1) is 17.7. The summed E-state index contributed by atoms with van der Waals surface area (Å²) in [6, 6.07) is 19.2. The first-order valence-corrected chi connectivity index (χ1v) is 13.1. The van der Waals surface area contributed by atoms with Crippen molar-refractivity contribution in [3.63, 3.8) is 0 Å². The Bertz CT molecular complexity index is 1220. The highest BCUT2D eigenvalue weighted by Crippen LogP contribution is 2.47. The van der Waals surface area contributed by atoms with Crippen molar-refractivity contribution >= 4 is 29.1 Å². The third kappa shape index (κ3) is 5.00. The van der Waals surface area contributed by atoms with Crippen molar-refractivity contribution in [1.29, 1.82) is 0 Å². The van der Waals surface area contributed by atoms with E-state index in [1.807, 2.05) is 60.5 Å². The summed E-state index contributed by atoms with van der Waals surface area (Å²) in [7, 11) is 1.99. The topological polar surface area (TPSA) is 26.8 Å². The second kappa shape index (κ2) is 10.3. The molecule has 0 aliphatic carbocycles. The van der Waals surface area contributed by atoms with Crippen LogP contribution in [0.3, 0.4) is 0 Å². The smallest absolute Gasteiger partial charge is 0.220 e. The lowest BCUT2D eigenvalue weighted by Crippen LogP contribution is -2.70. The van der Waals surface area contributed by atoms with Gasteiger partial charge in [0.05, 0.1) is 11.6 Å². The molecule has 2 saturated heterocycles. The van der Waals surface area contributed by atoms with E-state index in [4.69, 9.17) is 23.2 Å². The van der Waals surface area contributed by atoms with Crippen LogP contribution in [0.4, 0.5) is 8.78 Å². The molecule has 2 aliphatic heterocycles. The number of likely N-dealkylation sites (N-methyl/N-ethyl adjacent to an activating group) is 1. The molecule has 2 fully saturated rings. The Balaban J connectivity index is 1.54. The molecule has 37 heavy (non-hydrogen) atoms. The zero-order valence-corrected chi connectivity index (χ0v) is 22.3. The number of amides is 1.